The van der Waals surface area contributed by atoms with Crippen LogP contribution in [-0.2, 0) is 0 Å². The Morgan fingerprint density at radius 1 is 1.38 bits per heavy atom. The lowest BCUT2D eigenvalue weighted by molar-refractivity contribution is -0.132. The summed E-state index contributed by atoms with van der Waals surface area (Å²) in [5, 5.41) is 0. The van der Waals surface area contributed by atoms with Gasteiger partial charge < -0.3 is 10.6 Å². The van der Waals surface area contributed by atoms with Gasteiger partial charge in [-0.05, 0) is 40.8 Å². The van der Waals surface area contributed by atoms with Crippen molar-refractivity contribution in [2.75, 3.05) is 24.2 Å². The number of anilines is 2. The Morgan fingerprint density at radius 2 is 2.00 bits per heavy atom. The second kappa shape index (κ2) is 5.11. The number of hydrogen-bond donors (Lipinski definition) is 1. The molecule has 0 radical (unpaired) electrons. The summed E-state index contributed by atoms with van der Waals surface area (Å²) in [6, 6.07) is 5.28. The van der Waals surface area contributed by atoms with Gasteiger partial charge in [-0.15, -0.1) is 0 Å². The Kier molecular flexibility index (Phi) is 4.28. The molecule has 1 aromatic rings. The van der Waals surface area contributed by atoms with Gasteiger partial charge in [0.2, 0.25) is 0 Å². The second-order valence-corrected chi connectivity index (χ2v) is 4.74. The average molecular weight is 344 g/mol. The molecule has 0 saturated heterocycles. The number of nitrogens with two attached hydrogens (primary N) is 1. The van der Waals surface area contributed by atoms with Gasteiger partial charge in [-0.1, -0.05) is 0 Å². The predicted molar refractivity (Wildman–Crippen MR) is 67.5 cm³/mol. The molecule has 90 valence electrons. The van der Waals surface area contributed by atoms with Crippen LogP contribution in [0.1, 0.15) is 6.42 Å². The summed E-state index contributed by atoms with van der Waals surface area (Å²) >= 11 is 2.10. The molecule has 0 aromatic heterocycles. The fraction of sp³-hybridized carbons (Fsp3) is 0.400. The average Bonchev–Trinajstić information content (AvgIpc) is 2.13. The molecule has 0 saturated carbocycles. The molecule has 0 aliphatic carbocycles. The van der Waals surface area contributed by atoms with Gasteiger partial charge in [-0.3, -0.25) is 0 Å². The quantitative estimate of drug-likeness (QED) is 0.674. The van der Waals surface area contributed by atoms with Gasteiger partial charge >= 0.3 is 6.18 Å². The van der Waals surface area contributed by atoms with Crippen LogP contribution in [0.25, 0.3) is 0 Å². The zero-order valence-corrected chi connectivity index (χ0v) is 10.8. The van der Waals surface area contributed by atoms with Gasteiger partial charge in [-0.25, -0.2) is 0 Å². The first-order valence-corrected chi connectivity index (χ1v) is 5.70. The highest BCUT2D eigenvalue weighted by Gasteiger charge is 2.27. The summed E-state index contributed by atoms with van der Waals surface area (Å²) < 4.78 is 37.1. The maximum absolute atomic E-state index is 12.0. The number of rotatable bonds is 3. The third-order valence-corrected chi connectivity index (χ3v) is 2.80. The highest BCUT2D eigenvalue weighted by atomic mass is 127. The van der Waals surface area contributed by atoms with Crippen molar-refractivity contribution in [2.45, 2.75) is 12.6 Å². The van der Waals surface area contributed by atoms with Crippen molar-refractivity contribution in [3.63, 3.8) is 0 Å². The van der Waals surface area contributed by atoms with Gasteiger partial charge in [0.25, 0.3) is 0 Å². The summed E-state index contributed by atoms with van der Waals surface area (Å²) in [7, 11) is 1.60. The molecule has 0 aliphatic heterocycles. The predicted octanol–water partition coefficient (Wildman–Crippen LogP) is 3.26. The molecule has 0 amide bonds. The van der Waals surface area contributed by atoms with E-state index in [4.69, 9.17) is 5.73 Å². The second-order valence-electron chi connectivity index (χ2n) is 3.49. The standard InChI is InChI=1S/C10H12F3IN2/c1-16(5-4-10(11,12)13)9-3-2-7(14)6-8(9)15/h2-3,6H,4-5,15H2,1H3. The maximum atomic E-state index is 12.0. The van der Waals surface area contributed by atoms with E-state index in [-0.39, 0.29) is 6.54 Å². The molecule has 0 heterocycles. The molecule has 1 rings (SSSR count). The van der Waals surface area contributed by atoms with Crippen LogP contribution >= 0.6 is 22.6 Å². The topological polar surface area (TPSA) is 29.3 Å². The summed E-state index contributed by atoms with van der Waals surface area (Å²) in [4.78, 5) is 1.51. The van der Waals surface area contributed by atoms with Crippen LogP contribution in [0, 0.1) is 3.57 Å². The fourth-order valence-electron chi connectivity index (χ4n) is 1.29. The van der Waals surface area contributed by atoms with Crippen LogP contribution in [0.4, 0.5) is 24.5 Å². The van der Waals surface area contributed by atoms with E-state index in [2.05, 4.69) is 22.6 Å². The van der Waals surface area contributed by atoms with Crippen molar-refractivity contribution >= 4 is 34.0 Å². The lowest BCUT2D eigenvalue weighted by Crippen LogP contribution is -2.24. The largest absolute Gasteiger partial charge is 0.397 e. The molecule has 0 spiro atoms. The molecule has 0 aliphatic rings. The monoisotopic (exact) mass is 344 g/mol. The molecular formula is C10H12F3IN2. The van der Waals surface area contributed by atoms with Crippen molar-refractivity contribution < 1.29 is 13.2 Å². The molecule has 1 aromatic carbocycles. The van der Waals surface area contributed by atoms with E-state index in [0.717, 1.165) is 3.57 Å². The number of alkyl halides is 3. The molecule has 0 fully saturated rings. The highest BCUT2D eigenvalue weighted by Crippen LogP contribution is 2.26. The van der Waals surface area contributed by atoms with Crippen LogP contribution in [0.2, 0.25) is 0 Å². The van der Waals surface area contributed by atoms with Crippen molar-refractivity contribution in [2.24, 2.45) is 0 Å². The smallest absolute Gasteiger partial charge is 0.390 e. The summed E-state index contributed by atoms with van der Waals surface area (Å²) in [5.74, 6) is 0. The Bertz CT molecular complexity index is 366. The number of nitrogens with zero attached hydrogens (tertiary/aromatic N) is 1. The Morgan fingerprint density at radius 3 is 2.50 bits per heavy atom. The van der Waals surface area contributed by atoms with Crippen molar-refractivity contribution in [1.82, 2.24) is 0 Å². The maximum Gasteiger partial charge on any atom is 0.390 e. The molecule has 0 unspecified atom stereocenters. The highest BCUT2D eigenvalue weighted by molar-refractivity contribution is 14.1. The zero-order valence-electron chi connectivity index (χ0n) is 8.68. The number of nitrogen functional groups attached to an aromatic ring is 1. The van der Waals surface area contributed by atoms with E-state index in [1.807, 2.05) is 6.07 Å². The molecule has 16 heavy (non-hydrogen) atoms. The van der Waals surface area contributed by atoms with Gasteiger partial charge in [0.05, 0.1) is 17.8 Å². The Balaban J connectivity index is 2.70. The first kappa shape index (κ1) is 13.4. The van der Waals surface area contributed by atoms with Gasteiger partial charge in [0.15, 0.2) is 0 Å². The van der Waals surface area contributed by atoms with Gasteiger partial charge in [0, 0.05) is 17.2 Å². The van der Waals surface area contributed by atoms with Crippen LogP contribution < -0.4 is 10.6 Å². The van der Waals surface area contributed by atoms with Gasteiger partial charge in [-0.2, -0.15) is 13.2 Å². The molecule has 6 heteroatoms. The minimum atomic E-state index is -4.13. The van der Waals surface area contributed by atoms with Crippen LogP contribution in [0.15, 0.2) is 18.2 Å². The lowest BCUT2D eigenvalue weighted by atomic mass is 10.2. The van der Waals surface area contributed by atoms with Crippen LogP contribution in [-0.4, -0.2) is 19.8 Å². The summed E-state index contributed by atoms with van der Waals surface area (Å²) in [6.45, 7) is -0.0890. The molecule has 0 atom stereocenters. The SMILES string of the molecule is CN(CCC(F)(F)F)c1ccc(I)cc1N. The van der Waals surface area contributed by atoms with Crippen molar-refractivity contribution in [3.05, 3.63) is 21.8 Å². The summed E-state index contributed by atoms with van der Waals surface area (Å²) in [5.41, 5.74) is 6.86. The molecule has 2 nitrogen and oxygen atoms in total. The first-order valence-electron chi connectivity index (χ1n) is 4.62. The third-order valence-electron chi connectivity index (χ3n) is 2.13. The minimum Gasteiger partial charge on any atom is -0.397 e. The Labute approximate surface area is 106 Å². The molecule has 2 N–H and O–H groups in total. The normalized spacial score (nSPS) is 11.6. The van der Waals surface area contributed by atoms with Crippen LogP contribution in [0.3, 0.4) is 0 Å². The van der Waals surface area contributed by atoms with E-state index >= 15 is 0 Å². The van der Waals surface area contributed by atoms with E-state index in [1.165, 1.54) is 4.90 Å². The first-order chi connectivity index (χ1) is 7.29. The number of benzene rings is 1. The molecular weight excluding hydrogens is 332 g/mol. The van der Waals surface area contributed by atoms with Crippen molar-refractivity contribution in [3.8, 4) is 0 Å². The van der Waals surface area contributed by atoms with Crippen LogP contribution in [0.5, 0.6) is 0 Å². The fourth-order valence-corrected chi connectivity index (χ4v) is 1.80. The third kappa shape index (κ3) is 4.07. The lowest BCUT2D eigenvalue weighted by Gasteiger charge is -2.21. The van der Waals surface area contributed by atoms with E-state index in [0.29, 0.717) is 11.4 Å². The zero-order chi connectivity index (χ0) is 12.3. The van der Waals surface area contributed by atoms with Gasteiger partial charge in [0.1, 0.15) is 0 Å². The van der Waals surface area contributed by atoms with E-state index in [1.54, 1.807) is 19.2 Å². The number of halogens is 4. The Hall–Kier alpha value is -0.660. The summed E-state index contributed by atoms with van der Waals surface area (Å²) in [6.07, 6.45) is -4.97. The van der Waals surface area contributed by atoms with E-state index in [9.17, 15) is 13.2 Å². The molecule has 0 bridgehead atoms. The van der Waals surface area contributed by atoms with Crippen molar-refractivity contribution in [1.29, 1.82) is 0 Å². The minimum absolute atomic E-state index is 0.0890. The van der Waals surface area contributed by atoms with E-state index < -0.39 is 12.6 Å². The number of hydrogen-bond acceptors (Lipinski definition) is 2.